The molecule has 0 unspecified atom stereocenters. The highest BCUT2D eigenvalue weighted by Gasteiger charge is 2.10. The van der Waals surface area contributed by atoms with E-state index < -0.39 is 0 Å². The Morgan fingerprint density at radius 3 is 2.91 bits per heavy atom. The molecule has 0 bridgehead atoms. The monoisotopic (exact) mass is 322 g/mol. The number of nitrogens with one attached hydrogen (secondary N) is 1. The fourth-order valence-electron chi connectivity index (χ4n) is 2.03. The summed E-state index contributed by atoms with van der Waals surface area (Å²) in [5.41, 5.74) is 0.931. The van der Waals surface area contributed by atoms with E-state index in [-0.39, 0.29) is 19.1 Å². The lowest BCUT2D eigenvalue weighted by molar-refractivity contribution is -0.117. The Balaban J connectivity index is 2.01. The summed E-state index contributed by atoms with van der Waals surface area (Å²) in [6.45, 7) is 1.16. The van der Waals surface area contributed by atoms with E-state index in [4.69, 9.17) is 16.7 Å². The predicted molar refractivity (Wildman–Crippen MR) is 86.0 cm³/mol. The van der Waals surface area contributed by atoms with E-state index in [1.165, 1.54) is 0 Å². The van der Waals surface area contributed by atoms with E-state index in [2.05, 4.69) is 10.4 Å². The zero-order valence-electron chi connectivity index (χ0n) is 12.4. The van der Waals surface area contributed by atoms with Crippen LogP contribution in [0, 0.1) is 0 Å². The number of likely N-dealkylation sites (N-methyl/N-ethyl adjacent to an activating group) is 1. The van der Waals surface area contributed by atoms with Crippen LogP contribution in [0.1, 0.15) is 5.56 Å². The number of benzene rings is 1. The average Bonchev–Trinajstić information content (AvgIpc) is 2.88. The van der Waals surface area contributed by atoms with E-state index in [1.807, 2.05) is 24.3 Å². The van der Waals surface area contributed by atoms with Crippen molar-refractivity contribution in [2.45, 2.75) is 6.54 Å². The molecule has 0 atom stereocenters. The minimum Gasteiger partial charge on any atom is -0.395 e. The van der Waals surface area contributed by atoms with Gasteiger partial charge in [0.15, 0.2) is 0 Å². The van der Waals surface area contributed by atoms with Crippen molar-refractivity contribution in [1.82, 2.24) is 14.7 Å². The minimum atomic E-state index is -0.156. The quantitative estimate of drug-likeness (QED) is 0.809. The molecule has 0 aliphatic rings. The van der Waals surface area contributed by atoms with E-state index >= 15 is 0 Å². The van der Waals surface area contributed by atoms with Crippen molar-refractivity contribution < 1.29 is 9.90 Å². The normalized spacial score (nSPS) is 10.9. The molecule has 0 aliphatic heterocycles. The maximum Gasteiger partial charge on any atom is 0.239 e. The van der Waals surface area contributed by atoms with Crippen LogP contribution in [0.15, 0.2) is 36.5 Å². The third-order valence-corrected chi connectivity index (χ3v) is 3.53. The van der Waals surface area contributed by atoms with Gasteiger partial charge < -0.3 is 10.4 Å². The number of hydrogen-bond donors (Lipinski definition) is 2. The molecule has 1 aromatic heterocycles. The second-order valence-electron chi connectivity index (χ2n) is 4.98. The van der Waals surface area contributed by atoms with Crippen molar-refractivity contribution >= 4 is 23.3 Å². The fourth-order valence-corrected chi connectivity index (χ4v) is 2.23. The van der Waals surface area contributed by atoms with E-state index in [9.17, 15) is 4.79 Å². The molecule has 0 spiro atoms. The number of amides is 1. The van der Waals surface area contributed by atoms with Gasteiger partial charge in [-0.3, -0.25) is 9.69 Å². The summed E-state index contributed by atoms with van der Waals surface area (Å²) in [7, 11) is 1.77. The van der Waals surface area contributed by atoms with Crippen LogP contribution in [0.5, 0.6) is 0 Å². The molecule has 0 saturated carbocycles. The van der Waals surface area contributed by atoms with E-state index in [1.54, 1.807) is 28.9 Å². The molecular weight excluding hydrogens is 304 g/mol. The number of rotatable bonds is 7. The maximum atomic E-state index is 12.0. The first kappa shape index (κ1) is 16.5. The molecule has 2 N–H and O–H groups in total. The predicted octanol–water partition coefficient (Wildman–Crippen LogP) is 1.45. The molecule has 0 fully saturated rings. The summed E-state index contributed by atoms with van der Waals surface area (Å²) in [6.07, 6.45) is 1.63. The van der Waals surface area contributed by atoms with Crippen LogP contribution in [-0.2, 0) is 11.3 Å². The number of hydrogen-bond acceptors (Lipinski definition) is 4. The summed E-state index contributed by atoms with van der Waals surface area (Å²) in [4.78, 5) is 13.7. The van der Waals surface area contributed by atoms with E-state index in [0.29, 0.717) is 23.9 Å². The van der Waals surface area contributed by atoms with Crippen molar-refractivity contribution in [2.75, 3.05) is 32.1 Å². The molecule has 6 nitrogen and oxygen atoms in total. The number of aliphatic hydroxyl groups is 1. The highest BCUT2D eigenvalue weighted by atomic mass is 35.5. The SMILES string of the molecule is CN(CCO)CC(=O)Nc1ccnn1Cc1ccccc1Cl. The largest absolute Gasteiger partial charge is 0.395 e. The lowest BCUT2D eigenvalue weighted by Crippen LogP contribution is -2.32. The van der Waals surface area contributed by atoms with Crippen LogP contribution in [0.25, 0.3) is 0 Å². The first-order valence-corrected chi connectivity index (χ1v) is 7.32. The van der Waals surface area contributed by atoms with Crippen LogP contribution >= 0.6 is 11.6 Å². The molecular formula is C15H19ClN4O2. The van der Waals surface area contributed by atoms with Gasteiger partial charge in [0.1, 0.15) is 5.82 Å². The molecule has 2 aromatic rings. The highest BCUT2D eigenvalue weighted by Crippen LogP contribution is 2.18. The fraction of sp³-hybridized carbons (Fsp3) is 0.333. The van der Waals surface area contributed by atoms with Crippen LogP contribution in [-0.4, -0.2) is 52.4 Å². The molecule has 0 aliphatic carbocycles. The van der Waals surface area contributed by atoms with Gasteiger partial charge in [-0.15, -0.1) is 0 Å². The summed E-state index contributed by atoms with van der Waals surface area (Å²) < 4.78 is 1.69. The Morgan fingerprint density at radius 1 is 1.41 bits per heavy atom. The van der Waals surface area contributed by atoms with Crippen molar-refractivity contribution in [1.29, 1.82) is 0 Å². The van der Waals surface area contributed by atoms with E-state index in [0.717, 1.165) is 5.56 Å². The second kappa shape index (κ2) is 7.93. The number of anilines is 1. The van der Waals surface area contributed by atoms with Crippen molar-refractivity contribution in [2.24, 2.45) is 0 Å². The molecule has 1 aromatic carbocycles. The number of carbonyl (C=O) groups excluding carboxylic acids is 1. The zero-order valence-corrected chi connectivity index (χ0v) is 13.1. The number of aromatic nitrogens is 2. The van der Waals surface area contributed by atoms with Gasteiger partial charge in [0.25, 0.3) is 0 Å². The first-order chi connectivity index (χ1) is 10.6. The van der Waals surface area contributed by atoms with Gasteiger partial charge in [-0.1, -0.05) is 29.8 Å². The molecule has 0 radical (unpaired) electrons. The molecule has 2 rings (SSSR count). The molecule has 7 heteroatoms. The molecule has 0 saturated heterocycles. The topological polar surface area (TPSA) is 70.4 Å². The summed E-state index contributed by atoms with van der Waals surface area (Å²) in [5.74, 6) is 0.458. The third kappa shape index (κ3) is 4.56. The summed E-state index contributed by atoms with van der Waals surface area (Å²) in [6, 6.07) is 9.26. The first-order valence-electron chi connectivity index (χ1n) is 6.94. The van der Waals surface area contributed by atoms with Crippen LogP contribution < -0.4 is 5.32 Å². The van der Waals surface area contributed by atoms with Gasteiger partial charge in [0.2, 0.25) is 5.91 Å². The Labute approximate surface area is 134 Å². The summed E-state index contributed by atoms with van der Waals surface area (Å²) in [5, 5.41) is 16.5. The Morgan fingerprint density at radius 2 is 2.18 bits per heavy atom. The maximum absolute atomic E-state index is 12.0. The molecule has 1 heterocycles. The van der Waals surface area contributed by atoms with Gasteiger partial charge >= 0.3 is 0 Å². The Kier molecular flexibility index (Phi) is 5.94. The average molecular weight is 323 g/mol. The van der Waals surface area contributed by atoms with Gasteiger partial charge in [-0.05, 0) is 18.7 Å². The third-order valence-electron chi connectivity index (χ3n) is 3.16. The lowest BCUT2D eigenvalue weighted by atomic mass is 10.2. The number of nitrogens with zero attached hydrogens (tertiary/aromatic N) is 3. The van der Waals surface area contributed by atoms with Crippen molar-refractivity contribution in [3.05, 3.63) is 47.1 Å². The molecule has 118 valence electrons. The summed E-state index contributed by atoms with van der Waals surface area (Å²) >= 11 is 6.14. The molecule has 22 heavy (non-hydrogen) atoms. The Hall–Kier alpha value is -1.89. The van der Waals surface area contributed by atoms with Crippen molar-refractivity contribution in [3.8, 4) is 0 Å². The zero-order chi connectivity index (χ0) is 15.9. The number of halogens is 1. The van der Waals surface area contributed by atoms with Gasteiger partial charge in [-0.25, -0.2) is 4.68 Å². The standard InChI is InChI=1S/C15H19ClN4O2/c1-19(8-9-21)11-15(22)18-14-6-7-17-20(14)10-12-4-2-3-5-13(12)16/h2-7,21H,8-11H2,1H3,(H,18,22). The lowest BCUT2D eigenvalue weighted by Gasteiger charge is -2.15. The minimum absolute atomic E-state index is 0.0220. The second-order valence-corrected chi connectivity index (χ2v) is 5.38. The number of carbonyl (C=O) groups is 1. The van der Waals surface area contributed by atoms with Crippen LogP contribution in [0.4, 0.5) is 5.82 Å². The van der Waals surface area contributed by atoms with Crippen molar-refractivity contribution in [3.63, 3.8) is 0 Å². The van der Waals surface area contributed by atoms with Gasteiger partial charge in [-0.2, -0.15) is 5.10 Å². The Bertz CT molecular complexity index is 630. The van der Waals surface area contributed by atoms with Gasteiger partial charge in [0.05, 0.1) is 25.9 Å². The van der Waals surface area contributed by atoms with Crippen LogP contribution in [0.2, 0.25) is 5.02 Å². The smallest absolute Gasteiger partial charge is 0.239 e. The molecule has 1 amide bonds. The highest BCUT2D eigenvalue weighted by molar-refractivity contribution is 6.31. The van der Waals surface area contributed by atoms with Crippen LogP contribution in [0.3, 0.4) is 0 Å². The van der Waals surface area contributed by atoms with Gasteiger partial charge in [0, 0.05) is 17.6 Å². The number of aliphatic hydroxyl groups excluding tert-OH is 1.